The predicted molar refractivity (Wildman–Crippen MR) is 117 cm³/mol. The van der Waals surface area contributed by atoms with Gasteiger partial charge in [-0.15, -0.1) is 0 Å². The molecule has 0 radical (unpaired) electrons. The highest BCUT2D eigenvalue weighted by Gasteiger charge is 2.37. The van der Waals surface area contributed by atoms with Crippen molar-refractivity contribution in [3.63, 3.8) is 0 Å². The second-order valence-corrected chi connectivity index (χ2v) is 8.83. The highest BCUT2D eigenvalue weighted by Crippen LogP contribution is 2.35. The molecule has 160 valence electrons. The molecule has 2 aromatic rings. The number of imide groups is 1. The maximum absolute atomic E-state index is 12.6. The van der Waals surface area contributed by atoms with Gasteiger partial charge in [-0.2, -0.15) is 0 Å². The summed E-state index contributed by atoms with van der Waals surface area (Å²) in [6.07, 6.45) is 3.31. The lowest BCUT2D eigenvalue weighted by molar-refractivity contribution is -0.384. The quantitative estimate of drug-likeness (QED) is 0.338. The first-order chi connectivity index (χ1) is 14.8. The molecule has 2 aliphatic heterocycles. The Morgan fingerprint density at radius 1 is 1.23 bits per heavy atom. The van der Waals surface area contributed by atoms with Crippen LogP contribution in [0.15, 0.2) is 44.1 Å². The topological polar surface area (TPSA) is 114 Å². The van der Waals surface area contributed by atoms with Crippen molar-refractivity contribution in [2.45, 2.75) is 12.8 Å². The fourth-order valence-electron chi connectivity index (χ4n) is 3.36. The van der Waals surface area contributed by atoms with Gasteiger partial charge >= 0.3 is 0 Å². The van der Waals surface area contributed by atoms with Gasteiger partial charge in [-0.05, 0) is 58.7 Å². The van der Waals surface area contributed by atoms with Crippen molar-refractivity contribution in [2.75, 3.05) is 19.6 Å². The van der Waals surface area contributed by atoms with Crippen LogP contribution in [0, 0.1) is 10.1 Å². The molecule has 2 fully saturated rings. The molecule has 2 saturated heterocycles. The molecule has 4 rings (SSSR count). The van der Waals surface area contributed by atoms with Gasteiger partial charge in [0.25, 0.3) is 16.8 Å². The summed E-state index contributed by atoms with van der Waals surface area (Å²) in [7, 11) is 0. The second kappa shape index (κ2) is 8.67. The Bertz CT molecular complexity index is 1120. The van der Waals surface area contributed by atoms with Crippen molar-refractivity contribution in [1.82, 2.24) is 9.80 Å². The maximum atomic E-state index is 12.6. The number of thioether (sulfide) groups is 1. The molecule has 0 N–H and O–H groups in total. The summed E-state index contributed by atoms with van der Waals surface area (Å²) in [6, 6.07) is 7.60. The van der Waals surface area contributed by atoms with Gasteiger partial charge in [0, 0.05) is 41.3 Å². The van der Waals surface area contributed by atoms with Crippen LogP contribution in [0.25, 0.3) is 17.4 Å². The average molecular weight is 506 g/mol. The summed E-state index contributed by atoms with van der Waals surface area (Å²) in [4.78, 5) is 50.4. The molecule has 0 spiro atoms. The highest BCUT2D eigenvalue weighted by atomic mass is 79.9. The third-order valence-electron chi connectivity index (χ3n) is 4.95. The number of rotatable bonds is 5. The molecule has 0 aliphatic carbocycles. The molecule has 1 aromatic heterocycles. The van der Waals surface area contributed by atoms with Crippen LogP contribution in [-0.2, 0) is 9.59 Å². The number of likely N-dealkylation sites (tertiary alicyclic amines) is 1. The Kier molecular flexibility index (Phi) is 5.96. The molecule has 3 amide bonds. The molecular formula is C20H16BrN3O6S. The molecule has 9 nitrogen and oxygen atoms in total. The Morgan fingerprint density at radius 3 is 2.65 bits per heavy atom. The minimum Gasteiger partial charge on any atom is -0.457 e. The average Bonchev–Trinajstić information content (AvgIpc) is 3.47. The Labute approximate surface area is 189 Å². The number of furan rings is 1. The number of nitrogens with zero attached hydrogens (tertiary/aromatic N) is 3. The predicted octanol–water partition coefficient (Wildman–Crippen LogP) is 4.28. The zero-order valence-corrected chi connectivity index (χ0v) is 18.5. The minimum absolute atomic E-state index is 0.0560. The van der Waals surface area contributed by atoms with E-state index < -0.39 is 16.1 Å². The molecule has 11 heteroatoms. The lowest BCUT2D eigenvalue weighted by Gasteiger charge is -2.18. The number of amides is 3. The Hall–Kier alpha value is -2.92. The van der Waals surface area contributed by atoms with Crippen molar-refractivity contribution in [3.05, 3.63) is 55.6 Å². The number of nitro benzene ring substituents is 1. The first-order valence-electron chi connectivity index (χ1n) is 9.41. The number of hydrogen-bond donors (Lipinski definition) is 0. The normalized spacial score (nSPS) is 17.8. The van der Waals surface area contributed by atoms with Crippen molar-refractivity contribution >= 4 is 56.5 Å². The van der Waals surface area contributed by atoms with E-state index in [1.807, 2.05) is 0 Å². The molecule has 31 heavy (non-hydrogen) atoms. The fourth-order valence-corrected chi connectivity index (χ4v) is 4.74. The third kappa shape index (κ3) is 4.42. The van der Waals surface area contributed by atoms with Crippen molar-refractivity contribution in [3.8, 4) is 11.3 Å². The van der Waals surface area contributed by atoms with E-state index in [4.69, 9.17) is 4.42 Å². The van der Waals surface area contributed by atoms with Crippen LogP contribution in [-0.4, -0.2) is 51.4 Å². The highest BCUT2D eigenvalue weighted by molar-refractivity contribution is 9.10. The zero-order valence-electron chi connectivity index (χ0n) is 16.1. The molecule has 0 unspecified atom stereocenters. The molecule has 2 aliphatic rings. The van der Waals surface area contributed by atoms with E-state index >= 15 is 0 Å². The zero-order chi connectivity index (χ0) is 22.1. The van der Waals surface area contributed by atoms with E-state index in [1.54, 1.807) is 23.1 Å². The standard InChI is InChI=1S/C20H16BrN3O6S/c21-15-9-12(24(28)29)3-5-14(15)16-6-4-13(30-16)10-17-19(26)23(20(27)31-17)11-18(25)22-7-1-2-8-22/h3-6,9-10H,1-2,7-8,11H2/b17-10+. The molecule has 0 bridgehead atoms. The maximum Gasteiger partial charge on any atom is 0.294 e. The molecule has 0 atom stereocenters. The first kappa shape index (κ1) is 21.3. The van der Waals surface area contributed by atoms with Crippen LogP contribution in [0.4, 0.5) is 10.5 Å². The fraction of sp³-hybridized carbons (Fsp3) is 0.250. The number of halogens is 1. The van der Waals surface area contributed by atoms with Crippen LogP contribution >= 0.6 is 27.7 Å². The van der Waals surface area contributed by atoms with E-state index in [2.05, 4.69) is 15.9 Å². The largest absolute Gasteiger partial charge is 0.457 e. The lowest BCUT2D eigenvalue weighted by Crippen LogP contribution is -2.40. The number of benzene rings is 1. The smallest absolute Gasteiger partial charge is 0.294 e. The van der Waals surface area contributed by atoms with E-state index in [9.17, 15) is 24.5 Å². The van der Waals surface area contributed by atoms with Gasteiger partial charge in [-0.3, -0.25) is 29.4 Å². The SMILES string of the molecule is O=C(CN1C(=O)S/C(=C/c2ccc(-c3ccc([N+](=O)[O-])cc3Br)o2)C1=O)N1CCCC1. The van der Waals surface area contributed by atoms with Gasteiger partial charge < -0.3 is 9.32 Å². The van der Waals surface area contributed by atoms with Gasteiger partial charge in [0.15, 0.2) is 0 Å². The number of carbonyl (C=O) groups is 3. The number of carbonyl (C=O) groups excluding carboxylic acids is 3. The van der Waals surface area contributed by atoms with Gasteiger partial charge in [-0.1, -0.05) is 0 Å². The van der Waals surface area contributed by atoms with Crippen LogP contribution in [0.2, 0.25) is 0 Å². The minimum atomic E-state index is -0.531. The van der Waals surface area contributed by atoms with Crippen molar-refractivity contribution in [1.29, 1.82) is 0 Å². The Balaban J connectivity index is 1.50. The van der Waals surface area contributed by atoms with Gasteiger partial charge in [-0.25, -0.2) is 0 Å². The Morgan fingerprint density at radius 2 is 1.97 bits per heavy atom. The van der Waals surface area contributed by atoms with E-state index in [-0.39, 0.29) is 23.0 Å². The van der Waals surface area contributed by atoms with Crippen molar-refractivity contribution in [2.24, 2.45) is 0 Å². The summed E-state index contributed by atoms with van der Waals surface area (Å²) >= 11 is 4.06. The van der Waals surface area contributed by atoms with Crippen molar-refractivity contribution < 1.29 is 23.7 Å². The van der Waals surface area contributed by atoms with Gasteiger partial charge in [0.05, 0.1) is 9.83 Å². The number of nitro groups is 1. The first-order valence-corrected chi connectivity index (χ1v) is 11.0. The monoisotopic (exact) mass is 505 g/mol. The molecule has 0 saturated carbocycles. The molecule has 3 heterocycles. The summed E-state index contributed by atoms with van der Waals surface area (Å²) in [5.41, 5.74) is 0.550. The van der Waals surface area contributed by atoms with Gasteiger partial charge in [0.2, 0.25) is 5.91 Å². The summed E-state index contributed by atoms with van der Waals surface area (Å²) in [6.45, 7) is 1.04. The van der Waals surface area contributed by atoms with Crippen LogP contribution < -0.4 is 0 Å². The second-order valence-electron chi connectivity index (χ2n) is 6.98. The summed E-state index contributed by atoms with van der Waals surface area (Å²) in [5.74, 6) is 0.0226. The van der Waals surface area contributed by atoms with E-state index in [0.29, 0.717) is 34.6 Å². The molecule has 1 aromatic carbocycles. The van der Waals surface area contributed by atoms with Crippen LogP contribution in [0.3, 0.4) is 0 Å². The molecular weight excluding hydrogens is 490 g/mol. The summed E-state index contributed by atoms with van der Waals surface area (Å²) in [5, 5.41) is 10.4. The number of non-ortho nitro benzene ring substituents is 1. The van der Waals surface area contributed by atoms with Gasteiger partial charge in [0.1, 0.15) is 18.1 Å². The lowest BCUT2D eigenvalue weighted by atomic mass is 10.1. The van der Waals surface area contributed by atoms with E-state index in [0.717, 1.165) is 29.5 Å². The van der Waals surface area contributed by atoms with Crippen LogP contribution in [0.5, 0.6) is 0 Å². The van der Waals surface area contributed by atoms with E-state index in [1.165, 1.54) is 18.2 Å². The third-order valence-corrected chi connectivity index (χ3v) is 6.52. The summed E-state index contributed by atoms with van der Waals surface area (Å²) < 4.78 is 6.24. The van der Waals surface area contributed by atoms with Crippen LogP contribution in [0.1, 0.15) is 18.6 Å². The number of hydrogen-bond acceptors (Lipinski definition) is 7.